The molecule has 2 saturated heterocycles. The first-order valence-corrected chi connectivity index (χ1v) is 18.6. The van der Waals surface area contributed by atoms with Crippen molar-refractivity contribution in [1.82, 2.24) is 10.2 Å². The Bertz CT molecular complexity index is 1510. The van der Waals surface area contributed by atoms with Crippen LogP contribution in [0.4, 0.5) is 11.4 Å². The van der Waals surface area contributed by atoms with E-state index in [1.54, 1.807) is 13.2 Å². The van der Waals surface area contributed by atoms with E-state index in [-0.39, 0.29) is 16.6 Å². The molecule has 0 spiro atoms. The molecule has 46 heavy (non-hydrogen) atoms. The summed E-state index contributed by atoms with van der Waals surface area (Å²) < 4.78 is 33.7. The maximum atomic E-state index is 14.2. The zero-order valence-electron chi connectivity index (χ0n) is 27.5. The average molecular weight is 647 g/mol. The lowest BCUT2D eigenvalue weighted by Gasteiger charge is -2.35. The number of sulfone groups is 1. The fourth-order valence-electron chi connectivity index (χ4n) is 6.63. The van der Waals surface area contributed by atoms with Gasteiger partial charge in [-0.3, -0.25) is 4.79 Å². The van der Waals surface area contributed by atoms with Crippen molar-refractivity contribution >= 4 is 27.1 Å². The molecule has 9 heteroatoms. The van der Waals surface area contributed by atoms with E-state index in [0.717, 1.165) is 76.1 Å². The predicted molar refractivity (Wildman–Crippen MR) is 187 cm³/mol. The van der Waals surface area contributed by atoms with E-state index in [4.69, 9.17) is 4.74 Å². The number of carbonyl (C=O) groups is 1. The van der Waals surface area contributed by atoms with Crippen LogP contribution in [0.5, 0.6) is 5.75 Å². The molecule has 2 aliphatic rings. The number of anilines is 2. The highest BCUT2D eigenvalue weighted by atomic mass is 32.2. The van der Waals surface area contributed by atoms with E-state index in [2.05, 4.69) is 39.5 Å². The van der Waals surface area contributed by atoms with Crippen molar-refractivity contribution in [3.8, 4) is 5.75 Å². The number of likely N-dealkylation sites (tertiary alicyclic amines) is 1. The van der Waals surface area contributed by atoms with Crippen LogP contribution in [0.2, 0.25) is 0 Å². The lowest BCUT2D eigenvalue weighted by Crippen LogP contribution is -2.34. The van der Waals surface area contributed by atoms with Gasteiger partial charge in [0.1, 0.15) is 5.75 Å². The van der Waals surface area contributed by atoms with E-state index in [1.165, 1.54) is 18.4 Å². The third kappa shape index (κ3) is 8.82. The van der Waals surface area contributed by atoms with Gasteiger partial charge in [0.15, 0.2) is 9.84 Å². The molecule has 3 aromatic carbocycles. The van der Waals surface area contributed by atoms with Crippen LogP contribution in [-0.2, 0) is 15.6 Å². The van der Waals surface area contributed by atoms with Crippen molar-refractivity contribution in [1.29, 1.82) is 0 Å². The fourth-order valence-corrected chi connectivity index (χ4v) is 8.22. The molecule has 2 fully saturated rings. The molecule has 1 amide bonds. The second-order valence-corrected chi connectivity index (χ2v) is 14.5. The smallest absolute Gasteiger partial charge is 0.253 e. The number of rotatable bonds is 15. The summed E-state index contributed by atoms with van der Waals surface area (Å²) in [6.45, 7) is 7.90. The molecular formula is C37H50N4O4S. The number of carbonyl (C=O) groups excluding carboxylic acids is 1. The first-order chi connectivity index (χ1) is 22.4. The summed E-state index contributed by atoms with van der Waals surface area (Å²) in [5.74, 6) is 0.870. The minimum atomic E-state index is -3.77. The van der Waals surface area contributed by atoms with Gasteiger partial charge in [-0.15, -0.1) is 0 Å². The number of amides is 1. The van der Waals surface area contributed by atoms with Gasteiger partial charge in [0.2, 0.25) is 0 Å². The topological polar surface area (TPSA) is 91.0 Å². The molecule has 2 N–H and O–H groups in total. The van der Waals surface area contributed by atoms with Gasteiger partial charge in [0.25, 0.3) is 5.91 Å². The zero-order valence-corrected chi connectivity index (χ0v) is 28.3. The van der Waals surface area contributed by atoms with Crippen LogP contribution in [0.3, 0.4) is 0 Å². The second kappa shape index (κ2) is 16.3. The van der Waals surface area contributed by atoms with E-state index < -0.39 is 9.84 Å². The summed E-state index contributed by atoms with van der Waals surface area (Å²) >= 11 is 0. The summed E-state index contributed by atoms with van der Waals surface area (Å²) in [7, 11) is -2.10. The second-order valence-electron chi connectivity index (χ2n) is 12.6. The molecule has 5 rings (SSSR count). The first kappa shape index (κ1) is 33.8. The number of unbranched alkanes of at least 4 members (excludes halogenated alkanes) is 2. The van der Waals surface area contributed by atoms with Crippen LogP contribution in [0.1, 0.15) is 79.3 Å². The number of ether oxygens (including phenoxy) is 1. The molecule has 0 unspecified atom stereocenters. The average Bonchev–Trinajstić information content (AvgIpc) is 3.60. The molecule has 0 atom stereocenters. The van der Waals surface area contributed by atoms with Crippen molar-refractivity contribution < 1.29 is 17.9 Å². The van der Waals surface area contributed by atoms with Gasteiger partial charge >= 0.3 is 0 Å². The summed E-state index contributed by atoms with van der Waals surface area (Å²) in [5.41, 5.74) is 3.76. The quantitative estimate of drug-likeness (QED) is 0.183. The molecule has 2 aliphatic heterocycles. The van der Waals surface area contributed by atoms with Crippen LogP contribution < -0.4 is 20.3 Å². The van der Waals surface area contributed by atoms with E-state index in [9.17, 15) is 13.2 Å². The van der Waals surface area contributed by atoms with Crippen LogP contribution in [-0.4, -0.2) is 72.1 Å². The number of hydrogen-bond donors (Lipinski definition) is 2. The van der Waals surface area contributed by atoms with E-state index in [1.807, 2.05) is 48.5 Å². The summed E-state index contributed by atoms with van der Waals surface area (Å²) in [5, 5.41) is 6.60. The SMILES string of the molecule is CCCCCNC(=O)c1cc(S(=O)(=O)Cc2ccccc2)c(N2CCC(c3ccc(OC)cc3)CC2)cc1NCCN1CCCC1. The Morgan fingerprint density at radius 2 is 1.63 bits per heavy atom. The van der Waals surface area contributed by atoms with Gasteiger partial charge in [-0.25, -0.2) is 8.42 Å². The molecule has 8 nitrogen and oxygen atoms in total. The molecule has 0 saturated carbocycles. The van der Waals surface area contributed by atoms with Gasteiger partial charge in [-0.2, -0.15) is 0 Å². The third-order valence-electron chi connectivity index (χ3n) is 9.31. The predicted octanol–water partition coefficient (Wildman–Crippen LogP) is 6.48. The van der Waals surface area contributed by atoms with Crippen LogP contribution in [0.15, 0.2) is 71.6 Å². The molecule has 248 valence electrons. The van der Waals surface area contributed by atoms with Crippen LogP contribution in [0, 0.1) is 0 Å². The largest absolute Gasteiger partial charge is 0.497 e. The minimum Gasteiger partial charge on any atom is -0.497 e. The van der Waals surface area contributed by atoms with Gasteiger partial charge < -0.3 is 25.2 Å². The van der Waals surface area contributed by atoms with E-state index in [0.29, 0.717) is 35.9 Å². The highest BCUT2D eigenvalue weighted by molar-refractivity contribution is 7.90. The highest BCUT2D eigenvalue weighted by Crippen LogP contribution is 2.38. The molecular weight excluding hydrogens is 596 g/mol. The Morgan fingerprint density at radius 3 is 2.30 bits per heavy atom. The van der Waals surface area contributed by atoms with Crippen molar-refractivity contribution in [3.05, 3.63) is 83.4 Å². The van der Waals surface area contributed by atoms with Crippen molar-refractivity contribution in [2.24, 2.45) is 0 Å². The maximum Gasteiger partial charge on any atom is 0.253 e. The minimum absolute atomic E-state index is 0.123. The van der Waals surface area contributed by atoms with Gasteiger partial charge in [-0.05, 0) is 86.5 Å². The zero-order chi connectivity index (χ0) is 32.4. The first-order valence-electron chi connectivity index (χ1n) is 17.0. The number of hydrogen-bond acceptors (Lipinski definition) is 7. The van der Waals surface area contributed by atoms with Crippen LogP contribution >= 0.6 is 0 Å². The Labute approximate surface area is 275 Å². The Hall–Kier alpha value is -3.56. The van der Waals surface area contributed by atoms with Gasteiger partial charge in [0.05, 0.1) is 29.0 Å². The van der Waals surface area contributed by atoms with Crippen molar-refractivity contribution in [3.63, 3.8) is 0 Å². The van der Waals surface area contributed by atoms with Crippen molar-refractivity contribution in [2.45, 2.75) is 68.4 Å². The Kier molecular flexibility index (Phi) is 12.0. The summed E-state index contributed by atoms with van der Waals surface area (Å²) in [6, 6.07) is 21.1. The van der Waals surface area contributed by atoms with Crippen LogP contribution in [0.25, 0.3) is 0 Å². The molecule has 0 aliphatic carbocycles. The molecule has 3 aromatic rings. The lowest BCUT2D eigenvalue weighted by molar-refractivity contribution is 0.0953. The molecule has 0 bridgehead atoms. The lowest BCUT2D eigenvalue weighted by atomic mass is 9.89. The normalized spacial score (nSPS) is 16.0. The molecule has 0 radical (unpaired) electrons. The summed E-state index contributed by atoms with van der Waals surface area (Å²) in [6.07, 6.45) is 7.23. The number of nitrogens with zero attached hydrogens (tertiary/aromatic N) is 2. The summed E-state index contributed by atoms with van der Waals surface area (Å²) in [4.78, 5) is 18.5. The number of nitrogens with one attached hydrogen (secondary N) is 2. The van der Waals surface area contributed by atoms with Crippen molar-refractivity contribution in [2.75, 3.05) is 63.1 Å². The maximum absolute atomic E-state index is 14.2. The standard InChI is InChI=1S/C37H50N4O4S/c1-3-4-8-19-39-37(42)33-26-36(46(43,44)28-29-11-6-5-7-12-29)35(27-34(33)38-20-25-40-21-9-10-22-40)41-23-17-31(18-24-41)30-13-15-32(45-2)16-14-30/h5-7,11-16,26-27,31,38H,3-4,8-10,17-25,28H2,1-2H3,(H,39,42). The number of methoxy groups -OCH3 is 1. The number of benzene rings is 3. The third-order valence-corrected chi connectivity index (χ3v) is 11.0. The molecule has 0 aromatic heterocycles. The van der Waals surface area contributed by atoms with Gasteiger partial charge in [-0.1, -0.05) is 62.2 Å². The monoisotopic (exact) mass is 646 g/mol. The Morgan fingerprint density at radius 1 is 0.913 bits per heavy atom. The number of piperidine rings is 1. The van der Waals surface area contributed by atoms with E-state index >= 15 is 0 Å². The molecule has 2 heterocycles. The fraction of sp³-hybridized carbons (Fsp3) is 0.486. The Balaban J connectivity index is 1.46. The highest BCUT2D eigenvalue weighted by Gasteiger charge is 2.29. The van der Waals surface area contributed by atoms with Gasteiger partial charge in [0, 0.05) is 38.4 Å².